The standard InChI is InChI=1S/C23H23NO5/c1-14(2)20-19(25)12-18(22(27)29-13-15-8-4-3-5-9-15)23(28)17-11-7-6-10-16(17)21(26)24(20)23/h3-11,14,18,20,28H,12-13H2,1-2H3/t18-,20-,23+/m0/s1. The van der Waals surface area contributed by atoms with E-state index in [1.807, 2.05) is 44.2 Å². The third kappa shape index (κ3) is 2.95. The Hall–Kier alpha value is -2.99. The molecule has 2 aromatic carbocycles. The van der Waals surface area contributed by atoms with Gasteiger partial charge in [0.1, 0.15) is 12.5 Å². The lowest BCUT2D eigenvalue weighted by molar-refractivity contribution is -0.199. The Morgan fingerprint density at radius 1 is 1.14 bits per heavy atom. The molecule has 1 fully saturated rings. The van der Waals surface area contributed by atoms with Crippen molar-refractivity contribution in [3.8, 4) is 0 Å². The summed E-state index contributed by atoms with van der Waals surface area (Å²) in [5.41, 5.74) is -0.430. The van der Waals surface area contributed by atoms with Crippen LogP contribution in [0.15, 0.2) is 54.6 Å². The second-order valence-corrected chi connectivity index (χ2v) is 7.95. The summed E-state index contributed by atoms with van der Waals surface area (Å²) in [4.78, 5) is 40.2. The van der Waals surface area contributed by atoms with E-state index in [4.69, 9.17) is 4.74 Å². The van der Waals surface area contributed by atoms with E-state index in [2.05, 4.69) is 0 Å². The molecule has 1 amide bonds. The average molecular weight is 393 g/mol. The third-order valence-corrected chi connectivity index (χ3v) is 5.78. The summed E-state index contributed by atoms with van der Waals surface area (Å²) in [6.07, 6.45) is -0.176. The smallest absolute Gasteiger partial charge is 0.315 e. The van der Waals surface area contributed by atoms with Crippen molar-refractivity contribution in [2.24, 2.45) is 11.8 Å². The van der Waals surface area contributed by atoms with Crippen molar-refractivity contribution in [1.29, 1.82) is 0 Å². The van der Waals surface area contributed by atoms with Gasteiger partial charge in [-0.3, -0.25) is 19.3 Å². The van der Waals surface area contributed by atoms with Gasteiger partial charge in [0.25, 0.3) is 5.91 Å². The zero-order chi connectivity index (χ0) is 20.8. The Bertz CT molecular complexity index is 970. The van der Waals surface area contributed by atoms with Crippen molar-refractivity contribution in [2.45, 2.75) is 38.6 Å². The third-order valence-electron chi connectivity index (χ3n) is 5.78. The normalized spacial score (nSPS) is 25.7. The number of fused-ring (bicyclic) bond motifs is 3. The van der Waals surface area contributed by atoms with E-state index in [9.17, 15) is 19.5 Å². The lowest BCUT2D eigenvalue weighted by Crippen LogP contribution is -2.64. The first-order valence-electron chi connectivity index (χ1n) is 9.74. The molecule has 0 spiro atoms. The van der Waals surface area contributed by atoms with Gasteiger partial charge in [-0.25, -0.2) is 0 Å². The molecule has 4 rings (SSSR count). The molecule has 2 aromatic rings. The zero-order valence-electron chi connectivity index (χ0n) is 16.4. The van der Waals surface area contributed by atoms with E-state index < -0.39 is 29.6 Å². The topological polar surface area (TPSA) is 83.9 Å². The van der Waals surface area contributed by atoms with Gasteiger partial charge in [-0.15, -0.1) is 0 Å². The van der Waals surface area contributed by atoms with Crippen LogP contribution in [0.1, 0.15) is 41.8 Å². The molecule has 1 N–H and O–H groups in total. The lowest BCUT2D eigenvalue weighted by Gasteiger charge is -2.48. The van der Waals surface area contributed by atoms with Crippen molar-refractivity contribution in [3.63, 3.8) is 0 Å². The molecule has 0 aliphatic carbocycles. The number of carbonyl (C=O) groups excluding carboxylic acids is 3. The predicted molar refractivity (Wildman–Crippen MR) is 104 cm³/mol. The molecule has 150 valence electrons. The van der Waals surface area contributed by atoms with Gasteiger partial charge in [-0.05, 0) is 17.5 Å². The number of ketones is 1. The summed E-state index contributed by atoms with van der Waals surface area (Å²) in [7, 11) is 0. The molecule has 1 saturated heterocycles. The first-order valence-corrected chi connectivity index (χ1v) is 9.74. The van der Waals surface area contributed by atoms with Crippen LogP contribution in [0.25, 0.3) is 0 Å². The molecular formula is C23H23NO5. The largest absolute Gasteiger partial charge is 0.460 e. The number of aliphatic hydroxyl groups is 1. The molecule has 6 nitrogen and oxygen atoms in total. The number of hydrogen-bond donors (Lipinski definition) is 1. The highest BCUT2D eigenvalue weighted by atomic mass is 16.5. The molecule has 2 heterocycles. The number of benzene rings is 2. The number of carbonyl (C=O) groups is 3. The fraction of sp³-hybridized carbons (Fsp3) is 0.348. The molecule has 2 aliphatic heterocycles. The van der Waals surface area contributed by atoms with Crippen LogP contribution in [0.5, 0.6) is 0 Å². The number of nitrogens with zero attached hydrogens (tertiary/aromatic N) is 1. The van der Waals surface area contributed by atoms with E-state index in [0.29, 0.717) is 11.1 Å². The summed E-state index contributed by atoms with van der Waals surface area (Å²) in [5, 5.41) is 11.8. The quantitative estimate of drug-likeness (QED) is 0.808. The van der Waals surface area contributed by atoms with Crippen molar-refractivity contribution in [2.75, 3.05) is 0 Å². The number of Topliss-reactive ketones (excluding diaryl/α,β-unsaturated/α-hetero) is 1. The van der Waals surface area contributed by atoms with Crippen LogP contribution in [0.3, 0.4) is 0 Å². The number of amides is 1. The molecule has 29 heavy (non-hydrogen) atoms. The van der Waals surface area contributed by atoms with Crippen LogP contribution in [0, 0.1) is 11.8 Å². The predicted octanol–water partition coefficient (Wildman–Crippen LogP) is 2.64. The zero-order valence-corrected chi connectivity index (χ0v) is 16.4. The molecular weight excluding hydrogens is 370 g/mol. The highest BCUT2D eigenvalue weighted by molar-refractivity contribution is 6.05. The van der Waals surface area contributed by atoms with Gasteiger partial charge in [0, 0.05) is 17.5 Å². The Morgan fingerprint density at radius 2 is 1.79 bits per heavy atom. The van der Waals surface area contributed by atoms with E-state index in [1.165, 1.54) is 4.90 Å². The van der Waals surface area contributed by atoms with Crippen LogP contribution in [0.2, 0.25) is 0 Å². The molecule has 0 saturated carbocycles. The monoisotopic (exact) mass is 393 g/mol. The lowest BCUT2D eigenvalue weighted by atomic mass is 9.77. The maximum Gasteiger partial charge on any atom is 0.315 e. The Kier molecular flexibility index (Phi) is 4.74. The minimum Gasteiger partial charge on any atom is -0.460 e. The van der Waals surface area contributed by atoms with Crippen LogP contribution < -0.4 is 0 Å². The average Bonchev–Trinajstić information content (AvgIpc) is 2.95. The van der Waals surface area contributed by atoms with E-state index in [1.54, 1.807) is 24.3 Å². The number of rotatable bonds is 4. The summed E-state index contributed by atoms with van der Waals surface area (Å²) in [6, 6.07) is 15.0. The van der Waals surface area contributed by atoms with Crippen LogP contribution in [-0.4, -0.2) is 33.7 Å². The van der Waals surface area contributed by atoms with Crippen molar-refractivity contribution >= 4 is 17.7 Å². The van der Waals surface area contributed by atoms with Gasteiger partial charge < -0.3 is 9.84 Å². The van der Waals surface area contributed by atoms with Crippen LogP contribution in [0.4, 0.5) is 0 Å². The number of piperidine rings is 1. The highest BCUT2D eigenvalue weighted by Crippen LogP contribution is 2.49. The molecule has 3 atom stereocenters. The van der Waals surface area contributed by atoms with Crippen LogP contribution >= 0.6 is 0 Å². The van der Waals surface area contributed by atoms with E-state index in [0.717, 1.165) is 5.56 Å². The summed E-state index contributed by atoms with van der Waals surface area (Å²) >= 11 is 0. The Labute approximate surface area is 169 Å². The van der Waals surface area contributed by atoms with Gasteiger partial charge in [0.05, 0.1) is 6.04 Å². The van der Waals surface area contributed by atoms with E-state index in [-0.39, 0.29) is 24.7 Å². The Balaban J connectivity index is 1.72. The van der Waals surface area contributed by atoms with Gasteiger partial charge in [0.15, 0.2) is 11.5 Å². The fourth-order valence-corrected chi connectivity index (χ4v) is 4.45. The molecule has 0 radical (unpaired) electrons. The second kappa shape index (κ2) is 7.12. The molecule has 0 unspecified atom stereocenters. The Morgan fingerprint density at radius 3 is 2.48 bits per heavy atom. The fourth-order valence-electron chi connectivity index (χ4n) is 4.45. The van der Waals surface area contributed by atoms with Crippen LogP contribution in [-0.2, 0) is 26.7 Å². The maximum atomic E-state index is 13.1. The summed E-state index contributed by atoms with van der Waals surface area (Å²) in [5.74, 6) is -2.75. The first-order chi connectivity index (χ1) is 13.9. The van der Waals surface area contributed by atoms with Gasteiger partial charge >= 0.3 is 5.97 Å². The molecule has 6 heteroatoms. The van der Waals surface area contributed by atoms with Gasteiger partial charge in [-0.1, -0.05) is 62.4 Å². The molecule has 0 bridgehead atoms. The van der Waals surface area contributed by atoms with Crippen molar-refractivity contribution in [3.05, 3.63) is 71.3 Å². The SMILES string of the molecule is CC(C)[C@H]1C(=O)C[C@@H](C(=O)OCc2ccccc2)[C@]2(O)c3ccccc3C(=O)N12. The minimum atomic E-state index is -1.90. The molecule has 2 aliphatic rings. The van der Waals surface area contributed by atoms with Crippen molar-refractivity contribution < 1.29 is 24.2 Å². The summed E-state index contributed by atoms with van der Waals surface area (Å²) < 4.78 is 5.45. The second-order valence-electron chi connectivity index (χ2n) is 7.95. The van der Waals surface area contributed by atoms with Crippen molar-refractivity contribution in [1.82, 2.24) is 4.90 Å². The maximum absolute atomic E-state index is 13.1. The first kappa shape index (κ1) is 19.3. The number of ether oxygens (including phenoxy) is 1. The molecule has 0 aromatic heterocycles. The van der Waals surface area contributed by atoms with Gasteiger partial charge in [-0.2, -0.15) is 0 Å². The number of esters is 1. The van der Waals surface area contributed by atoms with Gasteiger partial charge in [0.2, 0.25) is 0 Å². The minimum absolute atomic E-state index is 0.0314. The van der Waals surface area contributed by atoms with E-state index >= 15 is 0 Å². The summed E-state index contributed by atoms with van der Waals surface area (Å²) in [6.45, 7) is 3.68. The number of hydrogen-bond acceptors (Lipinski definition) is 5. The highest BCUT2D eigenvalue weighted by Gasteiger charge is 2.63.